The quantitative estimate of drug-likeness (QED) is 0.641. The molecule has 1 rings (SSSR count). The highest BCUT2D eigenvalue weighted by atomic mass is 35.5. The van der Waals surface area contributed by atoms with Crippen molar-refractivity contribution in [3.05, 3.63) is 35.9 Å². The van der Waals surface area contributed by atoms with Crippen LogP contribution in [0.4, 0.5) is 4.79 Å². The molecule has 0 heterocycles. The van der Waals surface area contributed by atoms with E-state index in [0.717, 1.165) is 5.56 Å². The summed E-state index contributed by atoms with van der Waals surface area (Å²) in [6.45, 7) is 3.39. The molecule has 0 aliphatic carbocycles. The number of rotatable bonds is 6. The molecule has 0 spiro atoms. The highest BCUT2D eigenvalue weighted by molar-refractivity contribution is 5.85. The smallest absolute Gasteiger partial charge is 0.468 e. The summed E-state index contributed by atoms with van der Waals surface area (Å²) in [6, 6.07) is 8.53. The van der Waals surface area contributed by atoms with Gasteiger partial charge in [-0.1, -0.05) is 30.3 Å². The number of hydrogen-bond acceptors (Lipinski definition) is 6. The minimum atomic E-state index is -0.887. The summed E-state index contributed by atoms with van der Waals surface area (Å²) in [5, 5.41) is 0. The van der Waals surface area contributed by atoms with Gasteiger partial charge in [0.1, 0.15) is 6.04 Å². The topological polar surface area (TPSA) is 73.9 Å². The van der Waals surface area contributed by atoms with Crippen molar-refractivity contribution >= 4 is 24.5 Å². The van der Waals surface area contributed by atoms with Crippen LogP contribution < -0.4 is 5.48 Å². The Morgan fingerprint density at radius 3 is 2.33 bits per heavy atom. The van der Waals surface area contributed by atoms with E-state index in [2.05, 4.69) is 10.2 Å². The normalized spacial score (nSPS) is 11.2. The van der Waals surface area contributed by atoms with Gasteiger partial charge in [0.15, 0.2) is 0 Å². The van der Waals surface area contributed by atoms with Gasteiger partial charge < -0.3 is 14.3 Å². The van der Waals surface area contributed by atoms with Gasteiger partial charge in [0, 0.05) is 6.42 Å². The minimum absolute atomic E-state index is 0. The SMILES string of the molecule is COC(=O)[C@H](Cc1ccccc1)NOC(=O)OC(C)C.Cl. The maximum Gasteiger partial charge on any atom is 0.527 e. The molecule has 0 amide bonds. The summed E-state index contributed by atoms with van der Waals surface area (Å²) in [5.74, 6) is -0.522. The average Bonchev–Trinajstić information content (AvgIpc) is 2.43. The van der Waals surface area contributed by atoms with E-state index in [1.807, 2.05) is 30.3 Å². The molecule has 21 heavy (non-hydrogen) atoms. The van der Waals surface area contributed by atoms with Gasteiger partial charge >= 0.3 is 12.1 Å². The fourth-order valence-corrected chi connectivity index (χ4v) is 1.50. The van der Waals surface area contributed by atoms with E-state index in [4.69, 9.17) is 9.57 Å². The number of hydroxylamine groups is 1. The summed E-state index contributed by atoms with van der Waals surface area (Å²) in [7, 11) is 1.27. The molecule has 6 nitrogen and oxygen atoms in total. The summed E-state index contributed by atoms with van der Waals surface area (Å²) in [4.78, 5) is 27.6. The maximum absolute atomic E-state index is 11.6. The zero-order valence-corrected chi connectivity index (χ0v) is 13.0. The molecular formula is C14H20ClNO5. The third kappa shape index (κ3) is 7.53. The Bertz CT molecular complexity index is 438. The Kier molecular flexibility index (Phi) is 9.16. The molecule has 0 aliphatic rings. The van der Waals surface area contributed by atoms with Crippen molar-refractivity contribution in [2.24, 2.45) is 0 Å². The summed E-state index contributed by atoms with van der Waals surface area (Å²) in [5.41, 5.74) is 3.29. The fourth-order valence-electron chi connectivity index (χ4n) is 1.50. The van der Waals surface area contributed by atoms with Crippen molar-refractivity contribution in [2.75, 3.05) is 7.11 Å². The Balaban J connectivity index is 0.00000400. The number of nitrogens with one attached hydrogen (secondary N) is 1. The highest BCUT2D eigenvalue weighted by Crippen LogP contribution is 2.05. The van der Waals surface area contributed by atoms with Gasteiger partial charge in [0.25, 0.3) is 0 Å². The molecular weight excluding hydrogens is 298 g/mol. The van der Waals surface area contributed by atoms with E-state index in [1.54, 1.807) is 13.8 Å². The second-order valence-electron chi connectivity index (χ2n) is 4.40. The van der Waals surface area contributed by atoms with Crippen LogP contribution in [0.1, 0.15) is 19.4 Å². The van der Waals surface area contributed by atoms with Gasteiger partial charge in [-0.2, -0.15) is 0 Å². The Labute approximate surface area is 130 Å². The second kappa shape index (κ2) is 10.0. The van der Waals surface area contributed by atoms with E-state index in [9.17, 15) is 9.59 Å². The van der Waals surface area contributed by atoms with Crippen molar-refractivity contribution in [1.29, 1.82) is 0 Å². The lowest BCUT2D eigenvalue weighted by atomic mass is 10.1. The number of benzene rings is 1. The first kappa shape index (κ1) is 19.2. The first-order valence-corrected chi connectivity index (χ1v) is 6.27. The third-order valence-corrected chi connectivity index (χ3v) is 2.38. The molecule has 1 N–H and O–H groups in total. The zero-order chi connectivity index (χ0) is 15.0. The van der Waals surface area contributed by atoms with Crippen molar-refractivity contribution in [3.63, 3.8) is 0 Å². The largest absolute Gasteiger partial charge is 0.527 e. The number of carbonyl (C=O) groups is 2. The van der Waals surface area contributed by atoms with Crippen LogP contribution in [0.5, 0.6) is 0 Å². The highest BCUT2D eigenvalue weighted by Gasteiger charge is 2.22. The lowest BCUT2D eigenvalue weighted by molar-refractivity contribution is -0.146. The first-order chi connectivity index (χ1) is 9.52. The number of esters is 1. The molecule has 0 aromatic heterocycles. The average molecular weight is 318 g/mol. The van der Waals surface area contributed by atoms with E-state index >= 15 is 0 Å². The molecule has 0 bridgehead atoms. The number of hydrogen-bond donors (Lipinski definition) is 1. The third-order valence-electron chi connectivity index (χ3n) is 2.38. The van der Waals surface area contributed by atoms with Gasteiger partial charge in [-0.05, 0) is 19.4 Å². The monoisotopic (exact) mass is 317 g/mol. The van der Waals surface area contributed by atoms with Crippen LogP contribution in [0.15, 0.2) is 30.3 Å². The molecule has 7 heteroatoms. The first-order valence-electron chi connectivity index (χ1n) is 6.27. The minimum Gasteiger partial charge on any atom is -0.468 e. The van der Waals surface area contributed by atoms with Crippen LogP contribution in [-0.2, 0) is 25.5 Å². The lowest BCUT2D eigenvalue weighted by Gasteiger charge is -2.16. The Morgan fingerprint density at radius 1 is 1.19 bits per heavy atom. The molecule has 0 saturated carbocycles. The fraction of sp³-hybridized carbons (Fsp3) is 0.429. The van der Waals surface area contributed by atoms with Crippen molar-refractivity contribution in [1.82, 2.24) is 5.48 Å². The number of carbonyl (C=O) groups excluding carboxylic acids is 2. The van der Waals surface area contributed by atoms with Gasteiger partial charge in [-0.15, -0.1) is 17.9 Å². The van der Waals surface area contributed by atoms with E-state index in [1.165, 1.54) is 7.11 Å². The van der Waals surface area contributed by atoms with Crippen molar-refractivity contribution in [3.8, 4) is 0 Å². The predicted molar refractivity (Wildman–Crippen MR) is 79.0 cm³/mol. The molecule has 118 valence electrons. The molecule has 0 aliphatic heterocycles. The van der Waals surface area contributed by atoms with Crippen LogP contribution in [0.3, 0.4) is 0 Å². The summed E-state index contributed by atoms with van der Waals surface area (Å²) >= 11 is 0. The summed E-state index contributed by atoms with van der Waals surface area (Å²) < 4.78 is 9.45. The molecule has 1 aromatic rings. The van der Waals surface area contributed by atoms with Gasteiger partial charge in [0.05, 0.1) is 13.2 Å². The van der Waals surface area contributed by atoms with Crippen LogP contribution in [0, 0.1) is 0 Å². The van der Waals surface area contributed by atoms with Crippen LogP contribution in [0.25, 0.3) is 0 Å². The molecule has 1 aromatic carbocycles. The number of ether oxygens (including phenoxy) is 2. The van der Waals surface area contributed by atoms with E-state index in [0.29, 0.717) is 6.42 Å². The van der Waals surface area contributed by atoms with Gasteiger partial charge in [-0.25, -0.2) is 4.79 Å². The zero-order valence-electron chi connectivity index (χ0n) is 12.2. The summed E-state index contributed by atoms with van der Waals surface area (Å²) in [6.07, 6.45) is -0.848. The molecule has 0 fully saturated rings. The van der Waals surface area contributed by atoms with E-state index in [-0.39, 0.29) is 18.5 Å². The Morgan fingerprint density at radius 2 is 1.81 bits per heavy atom. The van der Waals surface area contributed by atoms with Crippen LogP contribution >= 0.6 is 12.4 Å². The standard InChI is InChI=1S/C14H19NO5.ClH/c1-10(2)19-14(17)20-15-12(13(16)18-3)9-11-7-5-4-6-8-11;/h4-8,10,12,15H,9H2,1-3H3;1H/t12-;/m0./s1. The predicted octanol–water partition coefficient (Wildman–Crippen LogP) is 2.26. The van der Waals surface area contributed by atoms with Crippen LogP contribution in [-0.4, -0.2) is 31.4 Å². The van der Waals surface area contributed by atoms with Gasteiger partial charge in [0.2, 0.25) is 0 Å². The second-order valence-corrected chi connectivity index (χ2v) is 4.40. The lowest BCUT2D eigenvalue weighted by Crippen LogP contribution is -2.41. The molecule has 0 radical (unpaired) electrons. The molecule has 0 saturated heterocycles. The Hall–Kier alpha value is -1.79. The van der Waals surface area contributed by atoms with Crippen LogP contribution in [0.2, 0.25) is 0 Å². The van der Waals surface area contributed by atoms with E-state index < -0.39 is 18.2 Å². The maximum atomic E-state index is 11.6. The number of methoxy groups -OCH3 is 1. The van der Waals surface area contributed by atoms with Crippen molar-refractivity contribution < 1.29 is 23.9 Å². The van der Waals surface area contributed by atoms with Crippen molar-refractivity contribution in [2.45, 2.75) is 32.4 Å². The molecule has 0 unspecified atom stereocenters. The van der Waals surface area contributed by atoms with Gasteiger partial charge in [-0.3, -0.25) is 4.79 Å². The number of halogens is 1. The molecule has 1 atom stereocenters.